The van der Waals surface area contributed by atoms with Crippen LogP contribution in [0.25, 0.3) is 0 Å². The summed E-state index contributed by atoms with van der Waals surface area (Å²) in [6, 6.07) is 4.27. The Morgan fingerprint density at radius 1 is 1.45 bits per heavy atom. The lowest BCUT2D eigenvalue weighted by Crippen LogP contribution is -2.46. The van der Waals surface area contributed by atoms with Crippen molar-refractivity contribution in [1.29, 1.82) is 0 Å². The third kappa shape index (κ3) is 2.23. The fourth-order valence-electron chi connectivity index (χ4n) is 2.86. The SMILES string of the molecule is Cc1c(CN2C(=O)N[C@]3(CCSC3)C2=O)cccc1[N+](=O)[O-]. The van der Waals surface area contributed by atoms with Crippen LogP contribution < -0.4 is 5.32 Å². The van der Waals surface area contributed by atoms with Crippen molar-refractivity contribution in [3.8, 4) is 0 Å². The molecule has 7 nitrogen and oxygen atoms in total. The molecule has 2 aliphatic heterocycles. The van der Waals surface area contributed by atoms with E-state index in [0.717, 1.165) is 10.7 Å². The average molecular weight is 321 g/mol. The highest BCUT2D eigenvalue weighted by Gasteiger charge is 2.52. The standard InChI is InChI=1S/C14H15N3O4S/c1-9-10(3-2-4-11(9)17(20)21)7-16-12(18)14(15-13(16)19)5-6-22-8-14/h2-4H,5-8H2,1H3,(H,15,19)/t14-/m0/s1. The van der Waals surface area contributed by atoms with Gasteiger partial charge in [-0.05, 0) is 24.7 Å². The minimum Gasteiger partial charge on any atom is -0.322 e. The smallest absolute Gasteiger partial charge is 0.322 e. The van der Waals surface area contributed by atoms with Crippen LogP contribution >= 0.6 is 11.8 Å². The molecule has 0 aromatic heterocycles. The number of nitro benzene ring substituents is 1. The van der Waals surface area contributed by atoms with Gasteiger partial charge < -0.3 is 5.32 Å². The van der Waals surface area contributed by atoms with Gasteiger partial charge in [0.1, 0.15) is 5.54 Å². The molecule has 3 amide bonds. The maximum atomic E-state index is 12.6. The summed E-state index contributed by atoms with van der Waals surface area (Å²) >= 11 is 1.64. The van der Waals surface area contributed by atoms with E-state index in [1.165, 1.54) is 6.07 Å². The van der Waals surface area contributed by atoms with Crippen LogP contribution in [0.1, 0.15) is 17.5 Å². The van der Waals surface area contributed by atoms with E-state index in [2.05, 4.69) is 5.32 Å². The lowest BCUT2D eigenvalue weighted by Gasteiger charge is -2.19. The Kier molecular flexibility index (Phi) is 3.56. The van der Waals surface area contributed by atoms with Crippen molar-refractivity contribution >= 4 is 29.4 Å². The van der Waals surface area contributed by atoms with Crippen molar-refractivity contribution in [3.05, 3.63) is 39.4 Å². The van der Waals surface area contributed by atoms with Crippen molar-refractivity contribution in [2.45, 2.75) is 25.4 Å². The summed E-state index contributed by atoms with van der Waals surface area (Å²) in [5, 5.41) is 13.8. The Morgan fingerprint density at radius 3 is 2.86 bits per heavy atom. The van der Waals surface area contributed by atoms with Crippen molar-refractivity contribution in [2.24, 2.45) is 0 Å². The van der Waals surface area contributed by atoms with Gasteiger partial charge in [-0.2, -0.15) is 11.8 Å². The zero-order chi connectivity index (χ0) is 15.9. The summed E-state index contributed by atoms with van der Waals surface area (Å²) in [4.78, 5) is 36.4. The highest BCUT2D eigenvalue weighted by Crippen LogP contribution is 2.34. The number of nitro groups is 1. The van der Waals surface area contributed by atoms with Gasteiger partial charge in [-0.3, -0.25) is 19.8 Å². The van der Waals surface area contributed by atoms with Gasteiger partial charge in [0.25, 0.3) is 11.6 Å². The third-order valence-electron chi connectivity index (χ3n) is 4.21. The number of rotatable bonds is 3. The van der Waals surface area contributed by atoms with Crippen LogP contribution in [-0.2, 0) is 11.3 Å². The van der Waals surface area contributed by atoms with Crippen molar-refractivity contribution in [3.63, 3.8) is 0 Å². The number of amides is 3. The fraction of sp³-hybridized carbons (Fsp3) is 0.429. The lowest BCUT2D eigenvalue weighted by atomic mass is 9.99. The number of benzene rings is 1. The first-order valence-electron chi connectivity index (χ1n) is 6.89. The van der Waals surface area contributed by atoms with Gasteiger partial charge in [-0.1, -0.05) is 12.1 Å². The van der Waals surface area contributed by atoms with Gasteiger partial charge in [-0.15, -0.1) is 0 Å². The first-order valence-corrected chi connectivity index (χ1v) is 8.05. The van der Waals surface area contributed by atoms with Crippen LogP contribution in [0.5, 0.6) is 0 Å². The molecule has 0 bridgehead atoms. The highest BCUT2D eigenvalue weighted by molar-refractivity contribution is 7.99. The molecule has 0 unspecified atom stereocenters. The first-order chi connectivity index (χ1) is 10.4. The molecule has 0 aliphatic carbocycles. The summed E-state index contributed by atoms with van der Waals surface area (Å²) < 4.78 is 0. The van der Waals surface area contributed by atoms with Gasteiger partial charge in [0, 0.05) is 17.4 Å². The van der Waals surface area contributed by atoms with E-state index in [4.69, 9.17) is 0 Å². The minimum absolute atomic E-state index is 0.00399. The molecule has 3 rings (SSSR count). The van der Waals surface area contributed by atoms with E-state index in [-0.39, 0.29) is 18.1 Å². The third-order valence-corrected chi connectivity index (χ3v) is 5.40. The number of hydrogen-bond acceptors (Lipinski definition) is 5. The molecular weight excluding hydrogens is 306 g/mol. The van der Waals surface area contributed by atoms with Crippen LogP contribution in [-0.4, -0.2) is 38.8 Å². The maximum absolute atomic E-state index is 12.6. The molecule has 2 saturated heterocycles. The molecule has 22 heavy (non-hydrogen) atoms. The predicted molar refractivity (Wildman–Crippen MR) is 81.6 cm³/mol. The van der Waals surface area contributed by atoms with Crippen LogP contribution in [0, 0.1) is 17.0 Å². The van der Waals surface area contributed by atoms with E-state index >= 15 is 0 Å². The zero-order valence-corrected chi connectivity index (χ0v) is 12.8. The molecule has 2 heterocycles. The summed E-state index contributed by atoms with van der Waals surface area (Å²) in [5.41, 5.74) is 0.307. The van der Waals surface area contributed by atoms with Gasteiger partial charge >= 0.3 is 6.03 Å². The summed E-state index contributed by atoms with van der Waals surface area (Å²) in [5.74, 6) is 1.20. The molecule has 1 aromatic rings. The maximum Gasteiger partial charge on any atom is 0.325 e. The Hall–Kier alpha value is -2.09. The van der Waals surface area contributed by atoms with Crippen molar-refractivity contribution in [1.82, 2.24) is 10.2 Å². The van der Waals surface area contributed by atoms with E-state index in [1.807, 2.05) is 0 Å². The predicted octanol–water partition coefficient (Wildman–Crippen LogP) is 1.83. The number of nitrogens with zero attached hydrogens (tertiary/aromatic N) is 2. The summed E-state index contributed by atoms with van der Waals surface area (Å²) in [6.45, 7) is 1.69. The number of thioether (sulfide) groups is 1. The van der Waals surface area contributed by atoms with Crippen LogP contribution in [0.15, 0.2) is 18.2 Å². The number of hydrogen-bond donors (Lipinski definition) is 1. The van der Waals surface area contributed by atoms with Crippen LogP contribution in [0.2, 0.25) is 0 Å². The molecule has 1 spiro atoms. The Balaban J connectivity index is 1.88. The van der Waals surface area contributed by atoms with Crippen LogP contribution in [0.4, 0.5) is 10.5 Å². The topological polar surface area (TPSA) is 92.6 Å². The Morgan fingerprint density at radius 2 is 2.23 bits per heavy atom. The molecule has 2 fully saturated rings. The number of nitrogens with one attached hydrogen (secondary N) is 1. The second kappa shape index (κ2) is 5.28. The van der Waals surface area contributed by atoms with E-state index in [1.54, 1.807) is 30.8 Å². The second-order valence-corrected chi connectivity index (χ2v) is 6.63. The fourth-order valence-corrected chi connectivity index (χ4v) is 4.19. The number of carbonyl (C=O) groups excluding carboxylic acids is 2. The minimum atomic E-state index is -0.781. The molecule has 0 radical (unpaired) electrons. The molecule has 0 saturated carbocycles. The molecule has 116 valence electrons. The Bertz CT molecular complexity index is 670. The first kappa shape index (κ1) is 14.8. The molecule has 8 heteroatoms. The van der Waals surface area contributed by atoms with Crippen LogP contribution in [0.3, 0.4) is 0 Å². The monoisotopic (exact) mass is 321 g/mol. The number of carbonyl (C=O) groups is 2. The molecular formula is C14H15N3O4S. The average Bonchev–Trinajstić information content (AvgIpc) is 3.02. The van der Waals surface area contributed by atoms with Gasteiger partial charge in [0.2, 0.25) is 0 Å². The normalized spacial score (nSPS) is 24.1. The van der Waals surface area contributed by atoms with Crippen molar-refractivity contribution < 1.29 is 14.5 Å². The van der Waals surface area contributed by atoms with Gasteiger partial charge in [0.05, 0.1) is 11.5 Å². The zero-order valence-electron chi connectivity index (χ0n) is 12.0. The molecule has 1 aromatic carbocycles. The summed E-state index contributed by atoms with van der Waals surface area (Å²) in [6.07, 6.45) is 0.632. The summed E-state index contributed by atoms with van der Waals surface area (Å²) in [7, 11) is 0. The van der Waals surface area contributed by atoms with Gasteiger partial charge in [0.15, 0.2) is 0 Å². The Labute approximate surface area is 131 Å². The second-order valence-electron chi connectivity index (χ2n) is 5.52. The molecule has 2 aliphatic rings. The number of imide groups is 1. The number of urea groups is 1. The largest absolute Gasteiger partial charge is 0.325 e. The van der Waals surface area contributed by atoms with E-state index in [9.17, 15) is 19.7 Å². The molecule has 1 atom stereocenters. The van der Waals surface area contributed by atoms with Gasteiger partial charge in [-0.25, -0.2) is 4.79 Å². The van der Waals surface area contributed by atoms with E-state index in [0.29, 0.717) is 23.3 Å². The van der Waals surface area contributed by atoms with Crippen molar-refractivity contribution in [2.75, 3.05) is 11.5 Å². The molecule has 1 N–H and O–H groups in total. The van der Waals surface area contributed by atoms with E-state index < -0.39 is 16.5 Å². The highest BCUT2D eigenvalue weighted by atomic mass is 32.2. The quantitative estimate of drug-likeness (QED) is 0.521. The lowest BCUT2D eigenvalue weighted by molar-refractivity contribution is -0.385.